The predicted octanol–water partition coefficient (Wildman–Crippen LogP) is 7.27. The van der Waals surface area contributed by atoms with Gasteiger partial charge in [-0.25, -0.2) is 8.78 Å². The molecule has 36 heavy (non-hydrogen) atoms. The fraction of sp³-hybridized carbons (Fsp3) is 0.208. The number of aliphatic hydroxyl groups is 1. The standard InChI is InChI=1S/C24H16Cl3F5N2O2/c25-15-8-7-13(10-14(15)21(35)34-20-16(28)5-2-6-17(20)29)33-22(36)19-18(23(19,26)27)11-3-1-4-12(9-11)24(30,31)32/h1-10,18-19,21,34-35H,(H,33,36). The molecule has 0 aromatic heterocycles. The van der Waals surface area contributed by atoms with Crippen LogP contribution in [0, 0.1) is 17.6 Å². The first-order chi connectivity index (χ1) is 16.8. The molecule has 1 saturated carbocycles. The normalized spacial score (nSPS) is 19.5. The molecule has 0 aliphatic heterocycles. The monoisotopic (exact) mass is 564 g/mol. The molecule has 0 bridgehead atoms. The first kappa shape index (κ1) is 26.5. The lowest BCUT2D eigenvalue weighted by Crippen LogP contribution is -2.18. The Morgan fingerprint density at radius 2 is 1.64 bits per heavy atom. The van der Waals surface area contributed by atoms with Crippen LogP contribution in [-0.4, -0.2) is 15.3 Å². The van der Waals surface area contributed by atoms with E-state index >= 15 is 0 Å². The van der Waals surface area contributed by atoms with Crippen LogP contribution < -0.4 is 10.6 Å². The Morgan fingerprint density at radius 3 is 2.28 bits per heavy atom. The molecular weight excluding hydrogens is 550 g/mol. The highest BCUT2D eigenvalue weighted by molar-refractivity contribution is 6.53. The highest BCUT2D eigenvalue weighted by atomic mass is 35.5. The van der Waals surface area contributed by atoms with Gasteiger partial charge in [0.25, 0.3) is 0 Å². The van der Waals surface area contributed by atoms with Crippen molar-refractivity contribution >= 4 is 52.1 Å². The Hall–Kier alpha value is -2.59. The number of carbonyl (C=O) groups is 1. The molecule has 1 aliphatic carbocycles. The number of para-hydroxylation sites is 1. The minimum atomic E-state index is -4.58. The molecular formula is C24H16Cl3F5N2O2. The van der Waals surface area contributed by atoms with E-state index in [1.165, 1.54) is 30.3 Å². The van der Waals surface area contributed by atoms with E-state index in [0.29, 0.717) is 0 Å². The maximum atomic E-state index is 13.9. The lowest BCUT2D eigenvalue weighted by Gasteiger charge is -2.18. The van der Waals surface area contributed by atoms with Crippen molar-refractivity contribution in [3.63, 3.8) is 0 Å². The summed E-state index contributed by atoms with van der Waals surface area (Å²) in [5.41, 5.74) is -1.20. The zero-order chi connectivity index (χ0) is 26.4. The summed E-state index contributed by atoms with van der Waals surface area (Å²) < 4.78 is 65.4. The zero-order valence-electron chi connectivity index (χ0n) is 17.9. The molecule has 4 nitrogen and oxygen atoms in total. The topological polar surface area (TPSA) is 61.4 Å². The van der Waals surface area contributed by atoms with Crippen molar-refractivity contribution in [2.75, 3.05) is 10.6 Å². The number of halogens is 8. The number of amides is 1. The van der Waals surface area contributed by atoms with Crippen molar-refractivity contribution in [2.45, 2.75) is 22.7 Å². The van der Waals surface area contributed by atoms with Gasteiger partial charge in [-0.3, -0.25) is 4.79 Å². The van der Waals surface area contributed by atoms with Crippen LogP contribution in [0.5, 0.6) is 0 Å². The zero-order valence-corrected chi connectivity index (χ0v) is 20.2. The second kappa shape index (κ2) is 9.70. The van der Waals surface area contributed by atoms with Gasteiger partial charge in [0.15, 0.2) is 6.23 Å². The molecule has 12 heteroatoms. The van der Waals surface area contributed by atoms with Gasteiger partial charge in [0.2, 0.25) is 5.91 Å². The van der Waals surface area contributed by atoms with Gasteiger partial charge in [-0.1, -0.05) is 35.9 Å². The molecule has 3 aromatic carbocycles. The molecule has 1 fully saturated rings. The molecule has 1 amide bonds. The van der Waals surface area contributed by atoms with Crippen LogP contribution in [0.15, 0.2) is 60.7 Å². The highest BCUT2D eigenvalue weighted by Gasteiger charge is 2.67. The van der Waals surface area contributed by atoms with Crippen LogP contribution in [0.2, 0.25) is 5.02 Å². The first-order valence-electron chi connectivity index (χ1n) is 10.3. The largest absolute Gasteiger partial charge is 0.416 e. The molecule has 190 valence electrons. The van der Waals surface area contributed by atoms with Crippen molar-refractivity contribution in [2.24, 2.45) is 5.92 Å². The average molecular weight is 566 g/mol. The number of hydrogen-bond donors (Lipinski definition) is 3. The number of benzene rings is 3. The first-order valence-corrected chi connectivity index (χ1v) is 11.5. The Bertz CT molecular complexity index is 1300. The van der Waals surface area contributed by atoms with E-state index in [-0.39, 0.29) is 21.8 Å². The summed E-state index contributed by atoms with van der Waals surface area (Å²) in [5.74, 6) is -4.53. The number of anilines is 2. The van der Waals surface area contributed by atoms with E-state index in [4.69, 9.17) is 34.8 Å². The van der Waals surface area contributed by atoms with Crippen molar-refractivity contribution in [1.29, 1.82) is 0 Å². The molecule has 3 atom stereocenters. The predicted molar refractivity (Wildman–Crippen MR) is 127 cm³/mol. The number of nitrogens with one attached hydrogen (secondary N) is 2. The molecule has 3 N–H and O–H groups in total. The van der Waals surface area contributed by atoms with E-state index in [1.807, 2.05) is 0 Å². The third kappa shape index (κ3) is 5.25. The molecule has 1 aliphatic rings. The van der Waals surface area contributed by atoms with Crippen LogP contribution >= 0.6 is 34.8 Å². The number of hydrogen-bond acceptors (Lipinski definition) is 3. The van der Waals surface area contributed by atoms with E-state index in [1.54, 1.807) is 0 Å². The lowest BCUT2D eigenvalue weighted by molar-refractivity contribution is -0.137. The quantitative estimate of drug-likeness (QED) is 0.167. The average Bonchev–Trinajstić information content (AvgIpc) is 3.39. The van der Waals surface area contributed by atoms with E-state index < -0.39 is 57.4 Å². The Labute approximate surface area is 217 Å². The maximum absolute atomic E-state index is 13.9. The van der Waals surface area contributed by atoms with Crippen LogP contribution in [-0.2, 0) is 11.0 Å². The van der Waals surface area contributed by atoms with Crippen LogP contribution in [0.4, 0.5) is 33.3 Å². The molecule has 4 rings (SSSR count). The molecule has 0 heterocycles. The fourth-order valence-electron chi connectivity index (χ4n) is 3.88. The molecule has 3 unspecified atom stereocenters. The molecule has 0 saturated heterocycles. The Kier molecular flexibility index (Phi) is 7.13. The third-order valence-electron chi connectivity index (χ3n) is 5.71. The highest BCUT2D eigenvalue weighted by Crippen LogP contribution is 2.65. The number of rotatable bonds is 6. The van der Waals surface area contributed by atoms with Gasteiger partial charge < -0.3 is 15.7 Å². The Balaban J connectivity index is 1.52. The lowest BCUT2D eigenvalue weighted by atomic mass is 10.1. The summed E-state index contributed by atoms with van der Waals surface area (Å²) in [6, 6.07) is 11.5. The Morgan fingerprint density at radius 1 is 1.00 bits per heavy atom. The van der Waals surface area contributed by atoms with Crippen molar-refractivity contribution in [3.05, 3.63) is 94.0 Å². The van der Waals surface area contributed by atoms with Gasteiger partial charge in [-0.15, -0.1) is 23.2 Å². The summed E-state index contributed by atoms with van der Waals surface area (Å²) in [5, 5.41) is 15.3. The second-order valence-electron chi connectivity index (χ2n) is 8.12. The molecule has 3 aromatic rings. The van der Waals surface area contributed by atoms with Crippen LogP contribution in [0.1, 0.15) is 28.8 Å². The van der Waals surface area contributed by atoms with Gasteiger partial charge >= 0.3 is 6.18 Å². The maximum Gasteiger partial charge on any atom is 0.416 e. The van der Waals surface area contributed by atoms with Gasteiger partial charge in [-0.2, -0.15) is 13.2 Å². The van der Waals surface area contributed by atoms with Crippen molar-refractivity contribution in [3.8, 4) is 0 Å². The minimum absolute atomic E-state index is 0.00893. The number of carbonyl (C=O) groups excluding carboxylic acids is 1. The summed E-state index contributed by atoms with van der Waals surface area (Å²) in [4.78, 5) is 12.9. The summed E-state index contributed by atoms with van der Waals surface area (Å²) >= 11 is 18.6. The third-order valence-corrected chi connectivity index (χ3v) is 7.00. The number of alkyl halides is 5. The van der Waals surface area contributed by atoms with Crippen LogP contribution in [0.25, 0.3) is 0 Å². The molecule has 0 spiro atoms. The summed E-state index contributed by atoms with van der Waals surface area (Å²) in [6.45, 7) is 0. The smallest absolute Gasteiger partial charge is 0.369 e. The van der Waals surface area contributed by atoms with E-state index in [9.17, 15) is 31.9 Å². The SMILES string of the molecule is O=C(Nc1ccc(Cl)c(C(O)Nc2c(F)cccc2F)c1)C1C(c2cccc(C(F)(F)F)c2)C1(Cl)Cl. The van der Waals surface area contributed by atoms with E-state index in [2.05, 4.69) is 10.6 Å². The van der Waals surface area contributed by atoms with Crippen molar-refractivity contribution in [1.82, 2.24) is 0 Å². The minimum Gasteiger partial charge on any atom is -0.369 e. The van der Waals surface area contributed by atoms with Crippen molar-refractivity contribution < 1.29 is 31.9 Å². The summed E-state index contributed by atoms with van der Waals surface area (Å²) in [6.07, 6.45) is -6.23. The second-order valence-corrected chi connectivity index (χ2v) is 9.97. The van der Waals surface area contributed by atoms with Gasteiger partial charge in [0.05, 0.1) is 11.5 Å². The summed E-state index contributed by atoms with van der Waals surface area (Å²) in [7, 11) is 0. The number of aliphatic hydroxyl groups excluding tert-OH is 1. The van der Waals surface area contributed by atoms with E-state index in [0.717, 1.165) is 30.3 Å². The fourth-order valence-corrected chi connectivity index (χ4v) is 4.93. The van der Waals surface area contributed by atoms with Crippen LogP contribution in [0.3, 0.4) is 0 Å². The van der Waals surface area contributed by atoms with Gasteiger partial charge in [0, 0.05) is 22.2 Å². The van der Waals surface area contributed by atoms with Gasteiger partial charge in [-0.05, 0) is 42.0 Å². The van der Waals surface area contributed by atoms with Gasteiger partial charge in [0.1, 0.15) is 21.7 Å². The molecule has 0 radical (unpaired) electrons.